The molecule has 0 saturated heterocycles. The van der Waals surface area contributed by atoms with Crippen molar-refractivity contribution < 1.29 is 0 Å². The van der Waals surface area contributed by atoms with Crippen LogP contribution in [-0.2, 0) is 0 Å². The van der Waals surface area contributed by atoms with Crippen LogP contribution >= 0.6 is 11.9 Å². The molecule has 0 unspecified atom stereocenters. The summed E-state index contributed by atoms with van der Waals surface area (Å²) in [6.07, 6.45) is 12.1. The molecule has 0 N–H and O–H groups in total. The molecule has 2 nitrogen and oxygen atoms in total. The van der Waals surface area contributed by atoms with Gasteiger partial charge in [0.1, 0.15) is 5.84 Å². The molecule has 0 spiro atoms. The molecule has 0 radical (unpaired) electrons. The quantitative estimate of drug-likeness (QED) is 0.260. The Kier molecular flexibility index (Phi) is 9.40. The van der Waals surface area contributed by atoms with Crippen LogP contribution in [0.2, 0.25) is 0 Å². The molecule has 1 rings (SSSR count). The molecule has 1 aliphatic carbocycles. The van der Waals surface area contributed by atoms with Gasteiger partial charge in [0.15, 0.2) is 0 Å². The van der Waals surface area contributed by atoms with E-state index in [1.54, 1.807) is 0 Å². The third-order valence-electron chi connectivity index (χ3n) is 3.76. The highest BCUT2D eigenvalue weighted by atomic mass is 32.2. The van der Waals surface area contributed by atoms with Gasteiger partial charge in [-0.05, 0) is 44.6 Å². The standard InChI is InChI=1S/C16H32N2S/c1-4-6-13-17-15(3)18(14-7-5-2)19-16-11-9-8-10-12-16/h16H,4-14H2,1-3H3. The Morgan fingerprint density at radius 2 is 1.79 bits per heavy atom. The molecule has 0 aromatic rings. The van der Waals surface area contributed by atoms with E-state index in [1.165, 1.54) is 70.2 Å². The van der Waals surface area contributed by atoms with E-state index in [2.05, 4.69) is 37.0 Å². The fourth-order valence-electron chi connectivity index (χ4n) is 2.42. The second-order valence-corrected chi connectivity index (χ2v) is 6.92. The van der Waals surface area contributed by atoms with E-state index in [4.69, 9.17) is 4.99 Å². The van der Waals surface area contributed by atoms with E-state index in [9.17, 15) is 0 Å². The highest BCUT2D eigenvalue weighted by Crippen LogP contribution is 2.31. The fraction of sp³-hybridized carbons (Fsp3) is 0.938. The van der Waals surface area contributed by atoms with Gasteiger partial charge in [-0.2, -0.15) is 0 Å². The van der Waals surface area contributed by atoms with Crippen LogP contribution in [0, 0.1) is 0 Å². The van der Waals surface area contributed by atoms with Crippen molar-refractivity contribution in [3.05, 3.63) is 0 Å². The summed E-state index contributed by atoms with van der Waals surface area (Å²) in [4.78, 5) is 4.75. The molecular formula is C16H32N2S. The first-order chi connectivity index (χ1) is 9.27. The monoisotopic (exact) mass is 284 g/mol. The number of hydrogen-bond donors (Lipinski definition) is 0. The number of aliphatic imine (C=N–C) groups is 1. The van der Waals surface area contributed by atoms with Gasteiger partial charge in [-0.25, -0.2) is 0 Å². The van der Waals surface area contributed by atoms with Crippen molar-refractivity contribution in [3.63, 3.8) is 0 Å². The van der Waals surface area contributed by atoms with Gasteiger partial charge in [-0.3, -0.25) is 4.99 Å². The molecule has 1 saturated carbocycles. The zero-order chi connectivity index (χ0) is 13.9. The Morgan fingerprint density at radius 3 is 2.42 bits per heavy atom. The highest BCUT2D eigenvalue weighted by molar-refractivity contribution is 7.98. The van der Waals surface area contributed by atoms with Gasteiger partial charge >= 0.3 is 0 Å². The first kappa shape index (κ1) is 16.9. The molecule has 0 heterocycles. The third-order valence-corrected chi connectivity index (χ3v) is 5.23. The van der Waals surface area contributed by atoms with E-state index < -0.39 is 0 Å². The number of nitrogens with zero attached hydrogens (tertiary/aromatic N) is 2. The second kappa shape index (κ2) is 10.6. The SMILES string of the molecule is CCCCN=C(C)N(CCCC)SC1CCCCC1. The Labute approximate surface area is 124 Å². The molecule has 112 valence electrons. The van der Waals surface area contributed by atoms with Crippen molar-refractivity contribution in [1.29, 1.82) is 0 Å². The predicted molar refractivity (Wildman–Crippen MR) is 89.0 cm³/mol. The lowest BCUT2D eigenvalue weighted by Gasteiger charge is -2.29. The molecule has 0 aromatic carbocycles. The Morgan fingerprint density at radius 1 is 1.11 bits per heavy atom. The van der Waals surface area contributed by atoms with Gasteiger partial charge in [-0.15, -0.1) is 0 Å². The first-order valence-electron chi connectivity index (χ1n) is 8.23. The van der Waals surface area contributed by atoms with Crippen LogP contribution in [0.3, 0.4) is 0 Å². The normalized spacial score (nSPS) is 17.7. The maximum atomic E-state index is 4.75. The summed E-state index contributed by atoms with van der Waals surface area (Å²) in [5, 5.41) is 0.835. The van der Waals surface area contributed by atoms with Crippen molar-refractivity contribution in [2.45, 2.75) is 83.8 Å². The number of amidine groups is 1. The molecule has 1 fully saturated rings. The maximum absolute atomic E-state index is 4.75. The average molecular weight is 285 g/mol. The van der Waals surface area contributed by atoms with E-state index in [0.717, 1.165) is 11.8 Å². The zero-order valence-electron chi connectivity index (χ0n) is 13.2. The summed E-state index contributed by atoms with van der Waals surface area (Å²) >= 11 is 2.07. The van der Waals surface area contributed by atoms with Crippen LogP contribution in [0.5, 0.6) is 0 Å². The van der Waals surface area contributed by atoms with Gasteiger partial charge in [0.25, 0.3) is 0 Å². The minimum absolute atomic E-state index is 0.835. The summed E-state index contributed by atoms with van der Waals surface area (Å²) in [6.45, 7) is 8.86. The van der Waals surface area contributed by atoms with E-state index in [1.807, 2.05) is 0 Å². The molecule has 3 heteroatoms. The van der Waals surface area contributed by atoms with Crippen molar-refractivity contribution >= 4 is 17.8 Å². The molecule has 0 bridgehead atoms. The smallest absolute Gasteiger partial charge is 0.106 e. The highest BCUT2D eigenvalue weighted by Gasteiger charge is 2.18. The van der Waals surface area contributed by atoms with Crippen LogP contribution in [0.4, 0.5) is 0 Å². The van der Waals surface area contributed by atoms with Crippen LogP contribution in [0.15, 0.2) is 4.99 Å². The van der Waals surface area contributed by atoms with Crippen LogP contribution in [0.25, 0.3) is 0 Å². The van der Waals surface area contributed by atoms with Crippen molar-refractivity contribution in [1.82, 2.24) is 4.31 Å². The average Bonchev–Trinajstić information content (AvgIpc) is 2.44. The summed E-state index contributed by atoms with van der Waals surface area (Å²) in [7, 11) is 0. The largest absolute Gasteiger partial charge is 0.304 e. The number of hydrogen-bond acceptors (Lipinski definition) is 2. The fourth-order valence-corrected chi connectivity index (χ4v) is 3.77. The van der Waals surface area contributed by atoms with Gasteiger partial charge in [0, 0.05) is 18.3 Å². The molecule has 0 atom stereocenters. The first-order valence-corrected chi connectivity index (χ1v) is 9.07. The number of unbranched alkanes of at least 4 members (excludes halogenated alkanes) is 2. The van der Waals surface area contributed by atoms with E-state index in [0.29, 0.717) is 0 Å². The second-order valence-electron chi connectivity index (χ2n) is 5.60. The molecule has 0 aromatic heterocycles. The molecule has 19 heavy (non-hydrogen) atoms. The van der Waals surface area contributed by atoms with Crippen LogP contribution < -0.4 is 0 Å². The third kappa shape index (κ3) is 7.24. The minimum atomic E-state index is 0.835. The number of rotatable bonds is 8. The van der Waals surface area contributed by atoms with Crippen molar-refractivity contribution in [2.24, 2.45) is 4.99 Å². The van der Waals surface area contributed by atoms with Gasteiger partial charge < -0.3 is 4.31 Å². The summed E-state index contributed by atoms with van der Waals surface area (Å²) in [5.41, 5.74) is 0. The predicted octanol–water partition coefficient (Wildman–Crippen LogP) is 5.29. The lowest BCUT2D eigenvalue weighted by atomic mass is 10.0. The van der Waals surface area contributed by atoms with Gasteiger partial charge in [0.05, 0.1) is 0 Å². The Hall–Kier alpha value is -0.180. The van der Waals surface area contributed by atoms with Crippen LogP contribution in [0.1, 0.15) is 78.6 Å². The Bertz CT molecular complexity index is 247. The topological polar surface area (TPSA) is 15.6 Å². The maximum Gasteiger partial charge on any atom is 0.106 e. The molecule has 1 aliphatic rings. The van der Waals surface area contributed by atoms with Crippen molar-refractivity contribution in [2.75, 3.05) is 13.1 Å². The zero-order valence-corrected chi connectivity index (χ0v) is 14.0. The lowest BCUT2D eigenvalue weighted by molar-refractivity contribution is 0.505. The molecular weight excluding hydrogens is 252 g/mol. The van der Waals surface area contributed by atoms with Gasteiger partial charge in [0.2, 0.25) is 0 Å². The molecule has 0 amide bonds. The van der Waals surface area contributed by atoms with E-state index >= 15 is 0 Å². The summed E-state index contributed by atoms with van der Waals surface area (Å²) < 4.78 is 2.48. The summed E-state index contributed by atoms with van der Waals surface area (Å²) in [6, 6.07) is 0. The lowest BCUT2D eigenvalue weighted by Crippen LogP contribution is -2.27. The molecule has 0 aliphatic heterocycles. The van der Waals surface area contributed by atoms with Gasteiger partial charge in [-0.1, -0.05) is 46.0 Å². The van der Waals surface area contributed by atoms with Crippen LogP contribution in [-0.4, -0.2) is 28.5 Å². The minimum Gasteiger partial charge on any atom is -0.304 e. The summed E-state index contributed by atoms with van der Waals surface area (Å²) in [5.74, 6) is 1.25. The Balaban J connectivity index is 2.46. The van der Waals surface area contributed by atoms with Crippen molar-refractivity contribution in [3.8, 4) is 0 Å². The van der Waals surface area contributed by atoms with E-state index in [-0.39, 0.29) is 0 Å².